The van der Waals surface area contributed by atoms with Gasteiger partial charge in [-0.05, 0) is 53.4 Å². The number of nitrogens with zero attached hydrogens (tertiary/aromatic N) is 2. The van der Waals surface area contributed by atoms with Gasteiger partial charge in [-0.15, -0.1) is 11.8 Å². The van der Waals surface area contributed by atoms with E-state index in [2.05, 4.69) is 39.0 Å². The fourth-order valence-electron chi connectivity index (χ4n) is 4.37. The van der Waals surface area contributed by atoms with Gasteiger partial charge in [0.25, 0.3) is 0 Å². The molecule has 3 aromatic rings. The Morgan fingerprint density at radius 2 is 1.81 bits per heavy atom. The molecular formula is C27H27ClN2S. The molecule has 0 radical (unpaired) electrons. The SMILES string of the molecule is CC(C)(C)C1CCc2nc(SCc3ccccc3Cl)c(C#N)c(-c3ccccc3)c2C1. The molecule has 0 saturated carbocycles. The smallest absolute Gasteiger partial charge is 0.115 e. The molecule has 1 aliphatic carbocycles. The number of nitriles is 1. The molecule has 1 aromatic heterocycles. The first-order chi connectivity index (χ1) is 14.9. The molecule has 1 aliphatic rings. The zero-order valence-electron chi connectivity index (χ0n) is 18.3. The fraction of sp³-hybridized carbons (Fsp3) is 0.333. The predicted molar refractivity (Wildman–Crippen MR) is 130 cm³/mol. The van der Waals surface area contributed by atoms with E-state index >= 15 is 0 Å². The molecule has 2 nitrogen and oxygen atoms in total. The van der Waals surface area contributed by atoms with E-state index in [0.29, 0.717) is 17.2 Å². The van der Waals surface area contributed by atoms with Gasteiger partial charge in [0, 0.05) is 22.0 Å². The molecule has 1 unspecified atom stereocenters. The number of halogens is 1. The highest BCUT2D eigenvalue weighted by Gasteiger charge is 2.32. The first-order valence-electron chi connectivity index (χ1n) is 10.8. The van der Waals surface area contributed by atoms with Gasteiger partial charge in [0.05, 0.1) is 5.56 Å². The molecule has 31 heavy (non-hydrogen) atoms. The highest BCUT2D eigenvalue weighted by Crippen LogP contribution is 2.43. The first kappa shape index (κ1) is 21.9. The van der Waals surface area contributed by atoms with Gasteiger partial charge in [0.1, 0.15) is 11.1 Å². The number of fused-ring (bicyclic) bond motifs is 1. The van der Waals surface area contributed by atoms with Gasteiger partial charge in [0.2, 0.25) is 0 Å². The van der Waals surface area contributed by atoms with Crippen molar-refractivity contribution < 1.29 is 0 Å². The highest BCUT2D eigenvalue weighted by molar-refractivity contribution is 7.98. The molecular weight excluding hydrogens is 420 g/mol. The molecule has 4 rings (SSSR count). The second-order valence-corrected chi connectivity index (χ2v) is 10.6. The number of benzene rings is 2. The minimum atomic E-state index is 0.232. The Kier molecular flexibility index (Phi) is 6.42. The maximum Gasteiger partial charge on any atom is 0.115 e. The maximum absolute atomic E-state index is 10.2. The summed E-state index contributed by atoms with van der Waals surface area (Å²) >= 11 is 7.98. The number of rotatable bonds is 4. The summed E-state index contributed by atoms with van der Waals surface area (Å²) in [6, 6.07) is 20.7. The second kappa shape index (κ2) is 9.07. The van der Waals surface area contributed by atoms with E-state index in [1.54, 1.807) is 11.8 Å². The lowest BCUT2D eigenvalue weighted by Crippen LogP contribution is -2.28. The first-order valence-corrected chi connectivity index (χ1v) is 12.1. The monoisotopic (exact) mass is 446 g/mol. The molecule has 0 saturated heterocycles. The summed E-state index contributed by atoms with van der Waals surface area (Å²) in [4.78, 5) is 5.03. The Labute approximate surface area is 194 Å². The maximum atomic E-state index is 10.2. The topological polar surface area (TPSA) is 36.7 Å². The van der Waals surface area contributed by atoms with Crippen LogP contribution in [0.4, 0.5) is 0 Å². The van der Waals surface area contributed by atoms with Crippen molar-refractivity contribution in [3.8, 4) is 17.2 Å². The summed E-state index contributed by atoms with van der Waals surface area (Å²) in [5, 5.41) is 11.8. The number of hydrogen-bond acceptors (Lipinski definition) is 3. The Balaban J connectivity index is 1.81. The molecule has 0 aliphatic heterocycles. The van der Waals surface area contributed by atoms with Crippen LogP contribution in [0.2, 0.25) is 5.02 Å². The van der Waals surface area contributed by atoms with Crippen molar-refractivity contribution in [2.75, 3.05) is 0 Å². The van der Waals surface area contributed by atoms with Crippen molar-refractivity contribution in [2.45, 2.75) is 50.8 Å². The van der Waals surface area contributed by atoms with Crippen molar-refractivity contribution >= 4 is 23.4 Å². The van der Waals surface area contributed by atoms with Gasteiger partial charge >= 0.3 is 0 Å². The average molecular weight is 447 g/mol. The molecule has 0 bridgehead atoms. The number of pyridine rings is 1. The summed E-state index contributed by atoms with van der Waals surface area (Å²) in [7, 11) is 0. The van der Waals surface area contributed by atoms with E-state index in [4.69, 9.17) is 16.6 Å². The summed E-state index contributed by atoms with van der Waals surface area (Å²) in [6.07, 6.45) is 3.07. The van der Waals surface area contributed by atoms with E-state index in [1.165, 1.54) is 5.56 Å². The highest BCUT2D eigenvalue weighted by atomic mass is 35.5. The van der Waals surface area contributed by atoms with Crippen LogP contribution in [0.1, 0.15) is 49.6 Å². The minimum absolute atomic E-state index is 0.232. The molecule has 1 atom stereocenters. The summed E-state index contributed by atoms with van der Waals surface area (Å²) in [6.45, 7) is 6.95. The van der Waals surface area contributed by atoms with Crippen molar-refractivity contribution in [2.24, 2.45) is 11.3 Å². The van der Waals surface area contributed by atoms with Crippen LogP contribution in [0.25, 0.3) is 11.1 Å². The van der Waals surface area contributed by atoms with Crippen LogP contribution in [-0.4, -0.2) is 4.98 Å². The molecule has 1 heterocycles. The Morgan fingerprint density at radius 1 is 1.10 bits per heavy atom. The van der Waals surface area contributed by atoms with Crippen molar-refractivity contribution in [3.05, 3.63) is 82.0 Å². The normalized spacial score (nSPS) is 15.9. The van der Waals surface area contributed by atoms with Crippen LogP contribution in [0.3, 0.4) is 0 Å². The molecule has 0 N–H and O–H groups in total. The third kappa shape index (κ3) is 4.66. The molecule has 0 spiro atoms. The zero-order chi connectivity index (χ0) is 22.0. The number of aromatic nitrogens is 1. The van der Waals surface area contributed by atoms with Gasteiger partial charge in [-0.1, -0.05) is 80.9 Å². The lowest BCUT2D eigenvalue weighted by molar-refractivity contribution is 0.215. The van der Waals surface area contributed by atoms with E-state index < -0.39 is 0 Å². The minimum Gasteiger partial charge on any atom is -0.245 e. The molecule has 4 heteroatoms. The second-order valence-electron chi connectivity index (χ2n) is 9.26. The third-order valence-corrected chi connectivity index (χ3v) is 7.64. The van der Waals surface area contributed by atoms with E-state index in [1.807, 2.05) is 42.5 Å². The van der Waals surface area contributed by atoms with Gasteiger partial charge < -0.3 is 0 Å². The van der Waals surface area contributed by atoms with E-state index in [-0.39, 0.29) is 5.41 Å². The summed E-state index contributed by atoms with van der Waals surface area (Å²) < 4.78 is 0. The van der Waals surface area contributed by atoms with Crippen molar-refractivity contribution in [1.29, 1.82) is 5.26 Å². The molecule has 2 aromatic carbocycles. The molecule has 0 fully saturated rings. The molecule has 0 amide bonds. The summed E-state index contributed by atoms with van der Waals surface area (Å²) in [5.41, 5.74) is 6.57. The number of hydrogen-bond donors (Lipinski definition) is 0. The van der Waals surface area contributed by atoms with Crippen molar-refractivity contribution in [3.63, 3.8) is 0 Å². The standard InChI is InChI=1S/C27H27ClN2S/c1-27(2,3)20-13-14-24-21(15-20)25(18-9-5-4-6-10-18)22(16-29)26(30-24)31-17-19-11-7-8-12-23(19)28/h4-12,20H,13-15,17H2,1-3H3. The van der Waals surface area contributed by atoms with Crippen LogP contribution >= 0.6 is 23.4 Å². The zero-order valence-corrected chi connectivity index (χ0v) is 19.9. The largest absolute Gasteiger partial charge is 0.245 e. The lowest BCUT2D eigenvalue weighted by Gasteiger charge is -2.36. The van der Waals surface area contributed by atoms with Crippen LogP contribution < -0.4 is 0 Å². The Morgan fingerprint density at radius 3 is 2.48 bits per heavy atom. The van der Waals surface area contributed by atoms with Crippen LogP contribution in [-0.2, 0) is 18.6 Å². The predicted octanol–water partition coefficient (Wildman–Crippen LogP) is 7.72. The Bertz CT molecular complexity index is 1130. The van der Waals surface area contributed by atoms with Gasteiger partial charge in [-0.25, -0.2) is 4.98 Å². The fourth-order valence-corrected chi connectivity index (χ4v) is 5.66. The third-order valence-electron chi connectivity index (χ3n) is 6.25. The van der Waals surface area contributed by atoms with Crippen LogP contribution in [0, 0.1) is 22.7 Å². The lowest BCUT2D eigenvalue weighted by atomic mass is 9.70. The molecule has 158 valence electrons. The van der Waals surface area contributed by atoms with E-state index in [9.17, 15) is 5.26 Å². The quantitative estimate of drug-likeness (QED) is 0.385. The van der Waals surface area contributed by atoms with Crippen LogP contribution in [0.15, 0.2) is 59.6 Å². The number of thioether (sulfide) groups is 1. The van der Waals surface area contributed by atoms with Gasteiger partial charge in [0.15, 0.2) is 0 Å². The van der Waals surface area contributed by atoms with E-state index in [0.717, 1.165) is 51.7 Å². The number of aryl methyl sites for hydroxylation is 1. The average Bonchev–Trinajstić information content (AvgIpc) is 2.77. The Hall–Kier alpha value is -2.28. The van der Waals surface area contributed by atoms with Crippen molar-refractivity contribution in [1.82, 2.24) is 4.98 Å². The summed E-state index contributed by atoms with van der Waals surface area (Å²) in [5.74, 6) is 1.27. The van der Waals surface area contributed by atoms with Crippen LogP contribution in [0.5, 0.6) is 0 Å². The van der Waals surface area contributed by atoms with Gasteiger partial charge in [-0.3, -0.25) is 0 Å². The van der Waals surface area contributed by atoms with Gasteiger partial charge in [-0.2, -0.15) is 5.26 Å².